The molecule has 1 aromatic carbocycles. The van der Waals surface area contributed by atoms with Crippen LogP contribution < -0.4 is 10.6 Å². The molecule has 3 rings (SSSR count). The predicted octanol–water partition coefficient (Wildman–Crippen LogP) is 2.98. The number of benzene rings is 1. The minimum Gasteiger partial charge on any atom is -0.480 e. The summed E-state index contributed by atoms with van der Waals surface area (Å²) in [5, 5.41) is 18.4. The van der Waals surface area contributed by atoms with E-state index in [0.29, 0.717) is 25.0 Å². The molecule has 8 nitrogen and oxygen atoms in total. The van der Waals surface area contributed by atoms with Gasteiger partial charge in [0.05, 0.1) is 11.4 Å². The lowest BCUT2D eigenvalue weighted by Crippen LogP contribution is -2.61. The molecular formula is C23H29N3O5S. The van der Waals surface area contributed by atoms with E-state index in [1.54, 1.807) is 24.4 Å². The first-order valence-electron chi connectivity index (χ1n) is 10.9. The molecule has 0 saturated heterocycles. The summed E-state index contributed by atoms with van der Waals surface area (Å²) in [4.78, 5) is 37.6. The van der Waals surface area contributed by atoms with Gasteiger partial charge in [-0.1, -0.05) is 55.6 Å². The van der Waals surface area contributed by atoms with Crippen LogP contribution >= 0.6 is 12.6 Å². The first-order valence-corrected chi connectivity index (χ1v) is 11.4. The van der Waals surface area contributed by atoms with Crippen molar-refractivity contribution in [1.29, 1.82) is 0 Å². The Balaban J connectivity index is 1.69. The molecule has 32 heavy (non-hydrogen) atoms. The molecular weight excluding hydrogens is 430 g/mol. The summed E-state index contributed by atoms with van der Waals surface area (Å²) in [6.45, 7) is 1.96. The Bertz CT molecular complexity index is 924. The Morgan fingerprint density at radius 2 is 1.88 bits per heavy atom. The van der Waals surface area contributed by atoms with Gasteiger partial charge in [0.25, 0.3) is 0 Å². The minimum atomic E-state index is -1.13. The summed E-state index contributed by atoms with van der Waals surface area (Å²) in [6, 6.07) is 7.84. The first kappa shape index (κ1) is 23.8. The van der Waals surface area contributed by atoms with Gasteiger partial charge in [-0.05, 0) is 24.8 Å². The number of thiol groups is 1. The van der Waals surface area contributed by atoms with Crippen LogP contribution in [-0.2, 0) is 20.8 Å². The zero-order valence-electron chi connectivity index (χ0n) is 18.0. The quantitative estimate of drug-likeness (QED) is 0.405. The summed E-state index contributed by atoms with van der Waals surface area (Å²) in [5.41, 5.74) is 0.488. The third-order valence-electron chi connectivity index (χ3n) is 5.84. The maximum atomic E-state index is 13.2. The molecule has 0 spiro atoms. The lowest BCUT2D eigenvalue weighted by Gasteiger charge is -2.31. The van der Waals surface area contributed by atoms with E-state index in [1.807, 2.05) is 19.1 Å². The zero-order chi connectivity index (χ0) is 23.1. The van der Waals surface area contributed by atoms with E-state index >= 15 is 0 Å². The fourth-order valence-electron chi connectivity index (χ4n) is 4.01. The lowest BCUT2D eigenvalue weighted by molar-refractivity contribution is -0.143. The van der Waals surface area contributed by atoms with Gasteiger partial charge in [0.1, 0.15) is 11.6 Å². The summed E-state index contributed by atoms with van der Waals surface area (Å²) in [7, 11) is 0. The van der Waals surface area contributed by atoms with E-state index in [2.05, 4.69) is 28.4 Å². The Morgan fingerprint density at radius 1 is 1.19 bits per heavy atom. The maximum absolute atomic E-state index is 13.2. The van der Waals surface area contributed by atoms with Crippen LogP contribution in [0.1, 0.15) is 51.0 Å². The molecule has 172 valence electrons. The predicted molar refractivity (Wildman–Crippen MR) is 122 cm³/mol. The average molecular weight is 460 g/mol. The lowest BCUT2D eigenvalue weighted by atomic mass is 9.94. The Kier molecular flexibility index (Phi) is 7.95. The molecule has 1 aliphatic carbocycles. The first-order chi connectivity index (χ1) is 15.3. The van der Waals surface area contributed by atoms with Gasteiger partial charge < -0.3 is 20.3 Å². The summed E-state index contributed by atoms with van der Waals surface area (Å²) in [6.07, 6.45) is 5.62. The normalized spacial score (nSPS) is 16.8. The zero-order valence-corrected chi connectivity index (χ0v) is 18.9. The fourth-order valence-corrected chi connectivity index (χ4v) is 4.34. The molecule has 9 heteroatoms. The van der Waals surface area contributed by atoms with Crippen molar-refractivity contribution in [3.8, 4) is 11.3 Å². The smallest absolute Gasteiger partial charge is 0.326 e. The third-order valence-corrected chi connectivity index (χ3v) is 6.33. The van der Waals surface area contributed by atoms with Gasteiger partial charge in [-0.2, -0.15) is 12.6 Å². The molecule has 1 aromatic heterocycles. The highest BCUT2D eigenvalue weighted by molar-refractivity contribution is 7.81. The highest BCUT2D eigenvalue weighted by Crippen LogP contribution is 2.31. The number of hydrogen-bond acceptors (Lipinski definition) is 6. The molecule has 2 aromatic rings. The number of nitrogens with zero attached hydrogens (tertiary/aromatic N) is 1. The van der Waals surface area contributed by atoms with Gasteiger partial charge in [0, 0.05) is 18.1 Å². The van der Waals surface area contributed by atoms with Crippen LogP contribution in [0.2, 0.25) is 0 Å². The number of carboxylic acids is 1. The fraction of sp³-hybridized carbons (Fsp3) is 0.478. The second kappa shape index (κ2) is 10.7. The molecule has 1 fully saturated rings. The van der Waals surface area contributed by atoms with Crippen LogP contribution in [-0.4, -0.2) is 44.9 Å². The van der Waals surface area contributed by atoms with Crippen molar-refractivity contribution in [2.24, 2.45) is 0 Å². The second-order valence-electron chi connectivity index (χ2n) is 8.22. The largest absolute Gasteiger partial charge is 0.480 e. The molecule has 1 saturated carbocycles. The van der Waals surface area contributed by atoms with Crippen LogP contribution in [0.4, 0.5) is 0 Å². The number of hydrogen-bond donors (Lipinski definition) is 4. The molecule has 2 amide bonds. The Morgan fingerprint density at radius 3 is 2.44 bits per heavy atom. The highest BCUT2D eigenvalue weighted by atomic mass is 32.1. The van der Waals surface area contributed by atoms with Crippen molar-refractivity contribution < 1.29 is 24.0 Å². The number of aromatic nitrogens is 1. The average Bonchev–Trinajstić information content (AvgIpc) is 3.47. The number of nitrogens with one attached hydrogen (secondary N) is 2. The van der Waals surface area contributed by atoms with Crippen LogP contribution in [0.5, 0.6) is 0 Å². The molecule has 0 aliphatic heterocycles. The maximum Gasteiger partial charge on any atom is 0.326 e. The number of aliphatic carboxylic acids is 1. The third kappa shape index (κ3) is 5.70. The van der Waals surface area contributed by atoms with Crippen LogP contribution in [0.3, 0.4) is 0 Å². The van der Waals surface area contributed by atoms with Crippen LogP contribution in [0.15, 0.2) is 41.1 Å². The van der Waals surface area contributed by atoms with E-state index < -0.39 is 28.7 Å². The summed E-state index contributed by atoms with van der Waals surface area (Å²) < 4.78 is 5.12. The van der Waals surface area contributed by atoms with Gasteiger partial charge in [0.2, 0.25) is 11.8 Å². The van der Waals surface area contributed by atoms with Gasteiger partial charge in [-0.15, -0.1) is 0 Å². The SMILES string of the molecule is CCC[C@H](S)C(=O)NC1(C(=O)N[C@@H](Cc2ccc(-c3ccno3)cc2)C(=O)O)CCCC1. The van der Waals surface area contributed by atoms with E-state index in [-0.39, 0.29) is 12.3 Å². The van der Waals surface area contributed by atoms with E-state index in [9.17, 15) is 19.5 Å². The summed E-state index contributed by atoms with van der Waals surface area (Å²) in [5.74, 6) is -1.26. The van der Waals surface area contributed by atoms with Crippen molar-refractivity contribution in [3.05, 3.63) is 42.1 Å². The number of rotatable bonds is 10. The summed E-state index contributed by atoms with van der Waals surface area (Å²) >= 11 is 4.33. The van der Waals surface area contributed by atoms with E-state index in [1.165, 1.54) is 0 Å². The minimum absolute atomic E-state index is 0.118. The van der Waals surface area contributed by atoms with Crippen LogP contribution in [0.25, 0.3) is 11.3 Å². The molecule has 0 bridgehead atoms. The molecule has 1 aliphatic rings. The molecule has 2 atom stereocenters. The van der Waals surface area contributed by atoms with Gasteiger partial charge in [0.15, 0.2) is 5.76 Å². The number of amides is 2. The molecule has 3 N–H and O–H groups in total. The van der Waals surface area contributed by atoms with Gasteiger partial charge >= 0.3 is 5.97 Å². The molecule has 1 heterocycles. The van der Waals surface area contributed by atoms with Gasteiger partial charge in [-0.25, -0.2) is 4.79 Å². The monoisotopic (exact) mass is 459 g/mol. The molecule has 0 unspecified atom stereocenters. The Labute approximate surface area is 192 Å². The van der Waals surface area contributed by atoms with E-state index in [0.717, 1.165) is 30.4 Å². The number of carboxylic acid groups (broad SMARTS) is 1. The van der Waals surface area contributed by atoms with Crippen molar-refractivity contribution in [2.45, 2.75) is 68.7 Å². The number of carbonyl (C=O) groups excluding carboxylic acids is 2. The van der Waals surface area contributed by atoms with Crippen molar-refractivity contribution in [2.75, 3.05) is 0 Å². The van der Waals surface area contributed by atoms with Crippen LogP contribution in [0, 0.1) is 0 Å². The van der Waals surface area contributed by atoms with Gasteiger partial charge in [-0.3, -0.25) is 9.59 Å². The molecule has 0 radical (unpaired) electrons. The second-order valence-corrected chi connectivity index (χ2v) is 8.85. The van der Waals surface area contributed by atoms with Crippen molar-refractivity contribution >= 4 is 30.4 Å². The number of carbonyl (C=O) groups is 3. The van der Waals surface area contributed by atoms with E-state index in [4.69, 9.17) is 4.52 Å². The standard InChI is InChI=1S/C23H29N3O5S/c1-2-5-19(32)20(27)26-23(11-3-4-12-23)22(30)25-17(21(28)29)14-15-6-8-16(9-7-15)18-10-13-24-31-18/h6-10,13,17,19,32H,2-5,11-12,14H2,1H3,(H,25,30)(H,26,27)(H,28,29)/t17-,19-/m0/s1. The van der Waals surface area contributed by atoms with Crippen molar-refractivity contribution in [3.63, 3.8) is 0 Å². The highest BCUT2D eigenvalue weighted by Gasteiger charge is 2.44. The van der Waals surface area contributed by atoms with Crippen molar-refractivity contribution in [1.82, 2.24) is 15.8 Å². The topological polar surface area (TPSA) is 122 Å². The Hall–Kier alpha value is -2.81.